The first-order chi connectivity index (χ1) is 11.9. The van der Waals surface area contributed by atoms with Gasteiger partial charge in [0.15, 0.2) is 0 Å². The highest BCUT2D eigenvalue weighted by Crippen LogP contribution is 2.37. The Kier molecular flexibility index (Phi) is 4.61. The zero-order chi connectivity index (χ0) is 18.1. The minimum Gasteiger partial charge on any atom is -0.352 e. The van der Waals surface area contributed by atoms with Crippen molar-refractivity contribution in [3.05, 3.63) is 52.8 Å². The van der Waals surface area contributed by atoms with Crippen molar-refractivity contribution in [1.82, 2.24) is 20.0 Å². The SMILES string of the molecule is Cc1ccc([C@H]2[C@H](C(=O)NCc3cnn(C)c3C)CC(=O)N2C)cc1. The zero-order valence-corrected chi connectivity index (χ0v) is 15.1. The van der Waals surface area contributed by atoms with Crippen LogP contribution >= 0.6 is 0 Å². The monoisotopic (exact) mass is 340 g/mol. The number of nitrogens with one attached hydrogen (secondary N) is 1. The number of carbonyl (C=O) groups excluding carboxylic acids is 2. The van der Waals surface area contributed by atoms with Crippen molar-refractivity contribution in [2.45, 2.75) is 32.9 Å². The van der Waals surface area contributed by atoms with Crippen LogP contribution in [0.15, 0.2) is 30.5 Å². The summed E-state index contributed by atoms with van der Waals surface area (Å²) >= 11 is 0. The summed E-state index contributed by atoms with van der Waals surface area (Å²) in [5.74, 6) is -0.466. The molecule has 2 aromatic rings. The summed E-state index contributed by atoms with van der Waals surface area (Å²) < 4.78 is 1.78. The number of rotatable bonds is 4. The summed E-state index contributed by atoms with van der Waals surface area (Å²) in [5, 5.41) is 7.17. The molecule has 0 radical (unpaired) electrons. The zero-order valence-electron chi connectivity index (χ0n) is 15.1. The second-order valence-corrected chi connectivity index (χ2v) is 6.77. The van der Waals surface area contributed by atoms with Gasteiger partial charge in [-0.15, -0.1) is 0 Å². The second-order valence-electron chi connectivity index (χ2n) is 6.77. The van der Waals surface area contributed by atoms with Crippen LogP contribution in [0.25, 0.3) is 0 Å². The molecule has 0 spiro atoms. The molecule has 0 bridgehead atoms. The molecule has 1 fully saturated rings. The Morgan fingerprint density at radius 1 is 1.24 bits per heavy atom. The summed E-state index contributed by atoms with van der Waals surface area (Å²) in [6.45, 7) is 4.41. The number of likely N-dealkylation sites (tertiary alicyclic amines) is 1. The molecule has 1 aliphatic heterocycles. The average Bonchev–Trinajstić information content (AvgIpc) is 3.07. The van der Waals surface area contributed by atoms with Gasteiger partial charge in [-0.05, 0) is 19.4 Å². The van der Waals surface area contributed by atoms with E-state index in [4.69, 9.17) is 0 Å². The predicted molar refractivity (Wildman–Crippen MR) is 94.6 cm³/mol. The van der Waals surface area contributed by atoms with Gasteiger partial charge in [0.2, 0.25) is 11.8 Å². The van der Waals surface area contributed by atoms with Crippen molar-refractivity contribution in [2.24, 2.45) is 13.0 Å². The van der Waals surface area contributed by atoms with E-state index >= 15 is 0 Å². The number of carbonyl (C=O) groups is 2. The maximum Gasteiger partial charge on any atom is 0.226 e. The van der Waals surface area contributed by atoms with Crippen LogP contribution in [0.4, 0.5) is 0 Å². The molecule has 6 heteroatoms. The predicted octanol–water partition coefficient (Wildman–Crippen LogP) is 1.87. The number of nitrogens with zero attached hydrogens (tertiary/aromatic N) is 3. The fourth-order valence-corrected chi connectivity index (χ4v) is 3.36. The standard InChI is InChI=1S/C19H24N4O2/c1-12-5-7-14(8-6-12)18-16(9-17(24)22(18)3)19(25)20-10-15-11-21-23(4)13(15)2/h5-8,11,16,18H,9-10H2,1-4H3,(H,20,25)/t16-,18+/m1/s1. The number of hydrogen-bond acceptors (Lipinski definition) is 3. The summed E-state index contributed by atoms with van der Waals surface area (Å²) in [4.78, 5) is 26.6. The lowest BCUT2D eigenvalue weighted by Crippen LogP contribution is -2.34. The van der Waals surface area contributed by atoms with Crippen molar-refractivity contribution in [1.29, 1.82) is 0 Å². The van der Waals surface area contributed by atoms with E-state index in [-0.39, 0.29) is 30.2 Å². The summed E-state index contributed by atoms with van der Waals surface area (Å²) in [6.07, 6.45) is 2.01. The van der Waals surface area contributed by atoms with Crippen molar-refractivity contribution in [3.8, 4) is 0 Å². The number of aryl methyl sites for hydroxylation is 2. The summed E-state index contributed by atoms with van der Waals surface area (Å²) in [5.41, 5.74) is 4.16. The molecule has 25 heavy (non-hydrogen) atoms. The number of hydrogen-bond donors (Lipinski definition) is 1. The van der Waals surface area contributed by atoms with E-state index in [1.54, 1.807) is 22.8 Å². The molecule has 1 aliphatic rings. The highest BCUT2D eigenvalue weighted by Gasteiger charge is 2.42. The van der Waals surface area contributed by atoms with Gasteiger partial charge in [-0.2, -0.15) is 5.10 Å². The topological polar surface area (TPSA) is 67.2 Å². The molecule has 0 saturated carbocycles. The van der Waals surface area contributed by atoms with Crippen LogP contribution in [0.5, 0.6) is 0 Å². The van der Waals surface area contributed by atoms with Gasteiger partial charge in [-0.1, -0.05) is 29.8 Å². The van der Waals surface area contributed by atoms with Crippen LogP contribution in [-0.4, -0.2) is 33.5 Å². The molecule has 132 valence electrons. The van der Waals surface area contributed by atoms with Gasteiger partial charge in [0.25, 0.3) is 0 Å². The average molecular weight is 340 g/mol. The van der Waals surface area contributed by atoms with Gasteiger partial charge in [0.1, 0.15) is 0 Å². The van der Waals surface area contributed by atoms with E-state index in [1.165, 1.54) is 0 Å². The Hall–Kier alpha value is -2.63. The highest BCUT2D eigenvalue weighted by molar-refractivity contribution is 5.90. The van der Waals surface area contributed by atoms with Crippen molar-refractivity contribution >= 4 is 11.8 Å². The van der Waals surface area contributed by atoms with E-state index < -0.39 is 0 Å². The molecule has 2 atom stereocenters. The summed E-state index contributed by atoms with van der Waals surface area (Å²) in [6, 6.07) is 7.81. The summed E-state index contributed by atoms with van der Waals surface area (Å²) in [7, 11) is 3.64. The Balaban J connectivity index is 1.76. The molecule has 3 rings (SSSR count). The van der Waals surface area contributed by atoms with Crippen LogP contribution < -0.4 is 5.32 Å². The lowest BCUT2D eigenvalue weighted by atomic mass is 9.92. The van der Waals surface area contributed by atoms with Crippen molar-refractivity contribution in [3.63, 3.8) is 0 Å². The minimum atomic E-state index is -0.378. The van der Waals surface area contributed by atoms with E-state index in [9.17, 15) is 9.59 Å². The molecule has 2 heterocycles. The minimum absolute atomic E-state index is 0.00304. The third-order valence-corrected chi connectivity index (χ3v) is 5.13. The molecule has 1 aromatic heterocycles. The fourth-order valence-electron chi connectivity index (χ4n) is 3.36. The second kappa shape index (κ2) is 6.70. The van der Waals surface area contributed by atoms with E-state index in [0.717, 1.165) is 22.4 Å². The molecular formula is C19H24N4O2. The molecule has 1 aromatic carbocycles. The van der Waals surface area contributed by atoms with E-state index in [1.807, 2.05) is 45.2 Å². The van der Waals surface area contributed by atoms with E-state index in [2.05, 4.69) is 10.4 Å². The maximum atomic E-state index is 12.8. The normalized spacial score (nSPS) is 20.2. The van der Waals surface area contributed by atoms with Crippen molar-refractivity contribution in [2.75, 3.05) is 7.05 Å². The Morgan fingerprint density at radius 3 is 2.52 bits per heavy atom. The molecule has 0 aliphatic carbocycles. The van der Waals surface area contributed by atoms with Gasteiger partial charge in [-0.3, -0.25) is 14.3 Å². The first-order valence-electron chi connectivity index (χ1n) is 8.46. The van der Waals surface area contributed by atoms with Gasteiger partial charge in [0, 0.05) is 38.3 Å². The molecule has 6 nitrogen and oxygen atoms in total. The molecule has 0 unspecified atom stereocenters. The highest BCUT2D eigenvalue weighted by atomic mass is 16.2. The molecule has 1 N–H and O–H groups in total. The smallest absolute Gasteiger partial charge is 0.226 e. The van der Waals surface area contributed by atoms with Crippen LogP contribution in [0.1, 0.15) is 34.8 Å². The fraction of sp³-hybridized carbons (Fsp3) is 0.421. The van der Waals surface area contributed by atoms with Gasteiger partial charge >= 0.3 is 0 Å². The largest absolute Gasteiger partial charge is 0.352 e. The Bertz CT molecular complexity index is 794. The van der Waals surface area contributed by atoms with E-state index in [0.29, 0.717) is 6.54 Å². The first-order valence-corrected chi connectivity index (χ1v) is 8.46. The third-order valence-electron chi connectivity index (χ3n) is 5.13. The first kappa shape index (κ1) is 17.2. The molecule has 1 saturated heterocycles. The molecule has 2 amide bonds. The van der Waals surface area contributed by atoms with Crippen LogP contribution in [0.3, 0.4) is 0 Å². The Morgan fingerprint density at radius 2 is 1.92 bits per heavy atom. The third kappa shape index (κ3) is 3.29. The molecular weight excluding hydrogens is 316 g/mol. The maximum absolute atomic E-state index is 12.8. The van der Waals surface area contributed by atoms with Crippen LogP contribution in [0.2, 0.25) is 0 Å². The van der Waals surface area contributed by atoms with Crippen LogP contribution in [0, 0.1) is 19.8 Å². The van der Waals surface area contributed by atoms with Gasteiger partial charge < -0.3 is 10.2 Å². The quantitative estimate of drug-likeness (QED) is 0.924. The lowest BCUT2D eigenvalue weighted by molar-refractivity contribution is -0.128. The number of aromatic nitrogens is 2. The van der Waals surface area contributed by atoms with Crippen molar-refractivity contribution < 1.29 is 9.59 Å². The van der Waals surface area contributed by atoms with Gasteiger partial charge in [-0.25, -0.2) is 0 Å². The Labute approximate surface area is 147 Å². The van der Waals surface area contributed by atoms with Gasteiger partial charge in [0.05, 0.1) is 18.2 Å². The number of benzene rings is 1. The van der Waals surface area contributed by atoms with Crippen LogP contribution in [-0.2, 0) is 23.2 Å². The lowest BCUT2D eigenvalue weighted by Gasteiger charge is -2.25. The number of amides is 2.